The Morgan fingerprint density at radius 2 is 1.69 bits per heavy atom. The predicted molar refractivity (Wildman–Crippen MR) is 86.2 cm³/mol. The van der Waals surface area contributed by atoms with E-state index in [2.05, 4.69) is 10.1 Å². The number of nitrogens with one attached hydrogen (secondary N) is 1. The summed E-state index contributed by atoms with van der Waals surface area (Å²) in [5.74, 6) is 0.421. The second-order valence-electron chi connectivity index (χ2n) is 6.22. The smallest absolute Gasteiger partial charge is 0.454 e. The molecule has 1 aliphatic rings. The number of alkyl halides is 3. The number of carbonyl (C=O) groups excluding carboxylic acids is 1. The van der Waals surface area contributed by atoms with Crippen LogP contribution in [-0.4, -0.2) is 19.1 Å². The number of rotatable bonds is 4. The molecule has 1 aliphatic heterocycles. The van der Waals surface area contributed by atoms with Crippen LogP contribution in [0.3, 0.4) is 0 Å². The molecule has 0 fully saturated rings. The van der Waals surface area contributed by atoms with Gasteiger partial charge in [-0.2, -0.15) is 0 Å². The number of carbonyl (C=O) groups is 1. The first-order chi connectivity index (χ1) is 12.1. The highest BCUT2D eigenvalue weighted by Crippen LogP contribution is 2.35. The molecular formula is C18H16F3NO4. The number of halogens is 3. The van der Waals surface area contributed by atoms with Gasteiger partial charge in [-0.3, -0.25) is 4.79 Å². The molecule has 2 aromatic carbocycles. The number of amides is 1. The number of fused-ring (bicyclic) bond motifs is 1. The summed E-state index contributed by atoms with van der Waals surface area (Å²) in [4.78, 5) is 12.4. The molecule has 1 heterocycles. The van der Waals surface area contributed by atoms with Crippen molar-refractivity contribution in [2.75, 3.05) is 6.79 Å². The number of benzene rings is 2. The van der Waals surface area contributed by atoms with Crippen LogP contribution in [0.25, 0.3) is 0 Å². The first-order valence-corrected chi connectivity index (χ1v) is 7.72. The zero-order chi connectivity index (χ0) is 18.9. The molecule has 0 saturated carbocycles. The van der Waals surface area contributed by atoms with E-state index in [1.54, 1.807) is 12.1 Å². The molecule has 138 valence electrons. The second-order valence-corrected chi connectivity index (χ2v) is 6.22. The van der Waals surface area contributed by atoms with E-state index in [-0.39, 0.29) is 18.1 Å². The van der Waals surface area contributed by atoms with Gasteiger partial charge >= 0.3 is 6.36 Å². The van der Waals surface area contributed by atoms with Crippen LogP contribution in [0.4, 0.5) is 13.2 Å². The summed E-state index contributed by atoms with van der Waals surface area (Å²) < 4.78 is 50.9. The van der Waals surface area contributed by atoms with Gasteiger partial charge < -0.3 is 19.5 Å². The molecule has 26 heavy (non-hydrogen) atoms. The maximum absolute atomic E-state index is 12.4. The molecule has 0 atom stereocenters. The van der Waals surface area contributed by atoms with Crippen molar-refractivity contribution in [3.63, 3.8) is 0 Å². The number of ether oxygens (including phenoxy) is 3. The van der Waals surface area contributed by atoms with Gasteiger partial charge in [-0.25, -0.2) is 0 Å². The summed E-state index contributed by atoms with van der Waals surface area (Å²) in [5.41, 5.74) is 0.277. The Bertz CT molecular complexity index is 816. The third-order valence-electron chi connectivity index (χ3n) is 3.87. The van der Waals surface area contributed by atoms with E-state index in [9.17, 15) is 18.0 Å². The summed E-state index contributed by atoms with van der Waals surface area (Å²) >= 11 is 0. The average Bonchev–Trinajstić information content (AvgIpc) is 3.01. The molecule has 0 aromatic heterocycles. The summed E-state index contributed by atoms with van der Waals surface area (Å²) in [6, 6.07) is 10.1. The van der Waals surface area contributed by atoms with Gasteiger partial charge in [0.25, 0.3) is 5.91 Å². The third-order valence-corrected chi connectivity index (χ3v) is 3.87. The van der Waals surface area contributed by atoms with E-state index >= 15 is 0 Å². The van der Waals surface area contributed by atoms with E-state index in [0.29, 0.717) is 11.5 Å². The Labute approximate surface area is 147 Å². The standard InChI is InChI=1S/C18H16F3NO4/c1-17(2,12-5-8-14-15(9-12)25-10-24-14)22-16(23)11-3-6-13(7-4-11)26-18(19,20)21/h3-9H,10H2,1-2H3,(H,22,23). The van der Waals surface area contributed by atoms with Crippen molar-refractivity contribution in [1.29, 1.82) is 0 Å². The van der Waals surface area contributed by atoms with Gasteiger partial charge in [0, 0.05) is 5.56 Å². The lowest BCUT2D eigenvalue weighted by Gasteiger charge is -2.27. The van der Waals surface area contributed by atoms with Crippen LogP contribution in [-0.2, 0) is 5.54 Å². The van der Waals surface area contributed by atoms with Crippen molar-refractivity contribution in [2.24, 2.45) is 0 Å². The van der Waals surface area contributed by atoms with E-state index in [1.165, 1.54) is 12.1 Å². The lowest BCUT2D eigenvalue weighted by Crippen LogP contribution is -2.40. The number of hydrogen-bond acceptors (Lipinski definition) is 4. The average molecular weight is 367 g/mol. The largest absolute Gasteiger partial charge is 0.573 e. The zero-order valence-corrected chi connectivity index (χ0v) is 14.0. The molecule has 5 nitrogen and oxygen atoms in total. The van der Waals surface area contributed by atoms with E-state index in [0.717, 1.165) is 17.7 Å². The van der Waals surface area contributed by atoms with E-state index in [1.807, 2.05) is 19.9 Å². The number of hydrogen-bond donors (Lipinski definition) is 1. The molecule has 0 bridgehead atoms. The maximum atomic E-state index is 12.4. The Hall–Kier alpha value is -2.90. The first kappa shape index (κ1) is 17.9. The molecule has 0 saturated heterocycles. The topological polar surface area (TPSA) is 56.8 Å². The maximum Gasteiger partial charge on any atom is 0.573 e. The van der Waals surface area contributed by atoms with Crippen LogP contribution >= 0.6 is 0 Å². The lowest BCUT2D eigenvalue weighted by molar-refractivity contribution is -0.274. The molecule has 8 heteroatoms. The third kappa shape index (κ3) is 4.01. The molecule has 2 aromatic rings. The highest BCUT2D eigenvalue weighted by atomic mass is 19.4. The van der Waals surface area contributed by atoms with Crippen molar-refractivity contribution in [2.45, 2.75) is 25.7 Å². The Kier molecular flexibility index (Phi) is 4.43. The van der Waals surface area contributed by atoms with Gasteiger partial charge in [0.15, 0.2) is 11.5 Å². The van der Waals surface area contributed by atoms with E-state index < -0.39 is 17.8 Å². The Balaban J connectivity index is 1.72. The molecule has 1 amide bonds. The molecule has 3 rings (SSSR count). The normalized spacial score (nSPS) is 13.4. The second kappa shape index (κ2) is 6.44. The van der Waals surface area contributed by atoms with Gasteiger partial charge in [-0.15, -0.1) is 13.2 Å². The highest BCUT2D eigenvalue weighted by Gasteiger charge is 2.31. The molecular weight excluding hydrogens is 351 g/mol. The van der Waals surface area contributed by atoms with Crippen LogP contribution in [0, 0.1) is 0 Å². The fraction of sp³-hybridized carbons (Fsp3) is 0.278. The minimum Gasteiger partial charge on any atom is -0.454 e. The van der Waals surface area contributed by atoms with Gasteiger partial charge in [0.1, 0.15) is 5.75 Å². The zero-order valence-electron chi connectivity index (χ0n) is 14.0. The van der Waals surface area contributed by atoms with Gasteiger partial charge in [0.05, 0.1) is 5.54 Å². The fourth-order valence-electron chi connectivity index (χ4n) is 2.52. The highest BCUT2D eigenvalue weighted by molar-refractivity contribution is 5.94. The van der Waals surface area contributed by atoms with Crippen LogP contribution in [0.1, 0.15) is 29.8 Å². The monoisotopic (exact) mass is 367 g/mol. The quantitative estimate of drug-likeness (QED) is 0.888. The van der Waals surface area contributed by atoms with Crippen molar-refractivity contribution in [3.8, 4) is 17.2 Å². The van der Waals surface area contributed by atoms with E-state index in [4.69, 9.17) is 9.47 Å². The molecule has 1 N–H and O–H groups in total. The first-order valence-electron chi connectivity index (χ1n) is 7.72. The summed E-state index contributed by atoms with van der Waals surface area (Å²) in [5, 5.41) is 2.85. The molecule has 0 unspecified atom stereocenters. The summed E-state index contributed by atoms with van der Waals surface area (Å²) in [7, 11) is 0. The van der Waals surface area contributed by atoms with Crippen LogP contribution in [0.5, 0.6) is 17.2 Å². The van der Waals surface area contributed by atoms with Crippen molar-refractivity contribution in [3.05, 3.63) is 53.6 Å². The predicted octanol–water partition coefficient (Wildman–Crippen LogP) is 3.98. The van der Waals surface area contributed by atoms with Crippen LogP contribution < -0.4 is 19.5 Å². The minimum absolute atomic E-state index is 0.151. The van der Waals surface area contributed by atoms with Crippen LogP contribution in [0.15, 0.2) is 42.5 Å². The minimum atomic E-state index is -4.77. The van der Waals surface area contributed by atoms with Gasteiger partial charge in [-0.05, 0) is 55.8 Å². The SMILES string of the molecule is CC(C)(NC(=O)c1ccc(OC(F)(F)F)cc1)c1ccc2c(c1)OCO2. The van der Waals surface area contributed by atoms with Crippen molar-refractivity contribution in [1.82, 2.24) is 5.32 Å². The Morgan fingerprint density at radius 3 is 2.35 bits per heavy atom. The lowest BCUT2D eigenvalue weighted by atomic mass is 9.93. The van der Waals surface area contributed by atoms with Crippen molar-refractivity contribution >= 4 is 5.91 Å². The Morgan fingerprint density at radius 1 is 1.04 bits per heavy atom. The van der Waals surface area contributed by atoms with Gasteiger partial charge in [0.2, 0.25) is 6.79 Å². The summed E-state index contributed by atoms with van der Waals surface area (Å²) in [6.07, 6.45) is -4.77. The molecule has 0 aliphatic carbocycles. The molecule has 0 radical (unpaired) electrons. The van der Waals surface area contributed by atoms with Gasteiger partial charge in [-0.1, -0.05) is 6.07 Å². The molecule has 0 spiro atoms. The summed E-state index contributed by atoms with van der Waals surface area (Å²) in [6.45, 7) is 3.77. The fourth-order valence-corrected chi connectivity index (χ4v) is 2.52. The van der Waals surface area contributed by atoms with Crippen LogP contribution in [0.2, 0.25) is 0 Å². The van der Waals surface area contributed by atoms with Crippen molar-refractivity contribution < 1.29 is 32.2 Å².